The third-order valence-corrected chi connectivity index (χ3v) is 5.84. The number of pyridine rings is 1. The first-order valence-corrected chi connectivity index (χ1v) is 9.61. The van der Waals surface area contributed by atoms with E-state index in [-0.39, 0.29) is 17.9 Å². The minimum atomic E-state index is -0.0381. The van der Waals surface area contributed by atoms with E-state index in [1.165, 1.54) is 0 Å². The summed E-state index contributed by atoms with van der Waals surface area (Å²) in [5, 5.41) is 9.02. The van der Waals surface area contributed by atoms with Crippen LogP contribution in [-0.4, -0.2) is 56.8 Å². The van der Waals surface area contributed by atoms with Gasteiger partial charge in [0.2, 0.25) is 5.91 Å². The molecule has 7 heteroatoms. The van der Waals surface area contributed by atoms with Gasteiger partial charge in [-0.25, -0.2) is 0 Å². The molecule has 0 aliphatic carbocycles. The maximum atomic E-state index is 12.8. The predicted octanol–water partition coefficient (Wildman–Crippen LogP) is 1.60. The van der Waals surface area contributed by atoms with Crippen LogP contribution >= 0.6 is 0 Å². The van der Waals surface area contributed by atoms with Gasteiger partial charge in [0.15, 0.2) is 0 Å². The lowest BCUT2D eigenvalue weighted by Crippen LogP contribution is -2.65. The fourth-order valence-electron chi connectivity index (χ4n) is 4.27. The van der Waals surface area contributed by atoms with Crippen LogP contribution in [0.25, 0.3) is 0 Å². The lowest BCUT2D eigenvalue weighted by Gasteiger charge is -2.53. The van der Waals surface area contributed by atoms with Crippen LogP contribution in [0.4, 0.5) is 0 Å². The average Bonchev–Trinajstić information content (AvgIpc) is 3.08. The molecule has 2 aliphatic rings. The number of amides is 2. The Balaban J connectivity index is 1.31. The summed E-state index contributed by atoms with van der Waals surface area (Å²) in [6, 6.07) is 7.84. The van der Waals surface area contributed by atoms with Crippen molar-refractivity contribution >= 4 is 11.8 Å². The second-order valence-corrected chi connectivity index (χ2v) is 7.61. The number of nitriles is 1. The molecule has 7 nitrogen and oxygen atoms in total. The maximum absolute atomic E-state index is 12.8. The highest BCUT2D eigenvalue weighted by Crippen LogP contribution is 2.33. The van der Waals surface area contributed by atoms with Gasteiger partial charge in [-0.1, -0.05) is 6.07 Å². The van der Waals surface area contributed by atoms with Gasteiger partial charge in [-0.15, -0.1) is 0 Å². The van der Waals surface area contributed by atoms with E-state index in [9.17, 15) is 9.59 Å². The molecule has 0 saturated carbocycles. The lowest BCUT2D eigenvalue weighted by molar-refractivity contribution is -0.147. The molecule has 4 heterocycles. The van der Waals surface area contributed by atoms with E-state index < -0.39 is 0 Å². The summed E-state index contributed by atoms with van der Waals surface area (Å²) in [6.07, 6.45) is 7.23. The molecule has 2 aliphatic heterocycles. The summed E-state index contributed by atoms with van der Waals surface area (Å²) in [4.78, 5) is 33.3. The lowest BCUT2D eigenvalue weighted by atomic mass is 9.82. The third-order valence-electron chi connectivity index (χ3n) is 5.84. The van der Waals surface area contributed by atoms with Gasteiger partial charge in [0.25, 0.3) is 5.91 Å². The number of carbonyl (C=O) groups excluding carboxylic acids is 2. The molecule has 0 unspecified atom stereocenters. The second kappa shape index (κ2) is 7.47. The Morgan fingerprint density at radius 3 is 2.89 bits per heavy atom. The molecule has 4 rings (SSSR count). The first-order chi connectivity index (χ1) is 13.6. The van der Waals surface area contributed by atoms with Crippen LogP contribution in [0, 0.1) is 17.2 Å². The minimum Gasteiger partial charge on any atom is -0.345 e. The molecule has 0 radical (unpaired) electrons. The van der Waals surface area contributed by atoms with E-state index in [1.54, 1.807) is 36.3 Å². The molecule has 2 fully saturated rings. The van der Waals surface area contributed by atoms with Crippen molar-refractivity contribution < 1.29 is 9.59 Å². The van der Waals surface area contributed by atoms with Gasteiger partial charge in [0.1, 0.15) is 11.8 Å². The predicted molar refractivity (Wildman–Crippen MR) is 102 cm³/mol. The van der Waals surface area contributed by atoms with Gasteiger partial charge in [-0.3, -0.25) is 14.6 Å². The molecule has 0 bridgehead atoms. The minimum absolute atomic E-state index is 0.0381. The molecule has 28 heavy (non-hydrogen) atoms. The monoisotopic (exact) mass is 377 g/mol. The molecular weight excluding hydrogens is 354 g/mol. The standard InChI is InChI=1S/C21H23N5O2/c1-24-12-16(10-22)9-19(24)21(28)25-8-6-18-17(13-25)14-26(18)20(27)5-4-15-3-2-7-23-11-15/h2-3,7,9,11-12,17-18H,4-6,8,13-14H2,1H3/t17-,18-/m0/s1. The zero-order chi connectivity index (χ0) is 19.7. The maximum Gasteiger partial charge on any atom is 0.270 e. The summed E-state index contributed by atoms with van der Waals surface area (Å²) < 4.78 is 1.71. The summed E-state index contributed by atoms with van der Waals surface area (Å²) in [6.45, 7) is 2.03. The molecule has 0 N–H and O–H groups in total. The SMILES string of the molecule is Cn1cc(C#N)cc1C(=O)N1CC[C@H]2[C@@H](C1)CN2C(=O)CCc1cccnc1. The number of hydrogen-bond acceptors (Lipinski definition) is 4. The summed E-state index contributed by atoms with van der Waals surface area (Å²) in [5.41, 5.74) is 2.11. The summed E-state index contributed by atoms with van der Waals surface area (Å²) in [7, 11) is 1.78. The van der Waals surface area contributed by atoms with Crippen LogP contribution in [0.5, 0.6) is 0 Å². The van der Waals surface area contributed by atoms with Crippen molar-refractivity contribution in [2.75, 3.05) is 19.6 Å². The highest BCUT2D eigenvalue weighted by atomic mass is 16.2. The van der Waals surface area contributed by atoms with Crippen LogP contribution in [-0.2, 0) is 18.3 Å². The summed E-state index contributed by atoms with van der Waals surface area (Å²) >= 11 is 0. The number of hydrogen-bond donors (Lipinski definition) is 0. The van der Waals surface area contributed by atoms with E-state index >= 15 is 0 Å². The van der Waals surface area contributed by atoms with Gasteiger partial charge >= 0.3 is 0 Å². The Kier molecular flexibility index (Phi) is 4.86. The first kappa shape index (κ1) is 18.2. The Bertz CT molecular complexity index is 930. The Morgan fingerprint density at radius 1 is 1.36 bits per heavy atom. The zero-order valence-electron chi connectivity index (χ0n) is 15.9. The van der Waals surface area contributed by atoms with E-state index in [0.29, 0.717) is 43.1 Å². The Hall–Kier alpha value is -3.14. The van der Waals surface area contributed by atoms with Crippen molar-refractivity contribution in [2.24, 2.45) is 13.0 Å². The van der Waals surface area contributed by atoms with Gasteiger partial charge in [0, 0.05) is 63.7 Å². The van der Waals surface area contributed by atoms with E-state index in [2.05, 4.69) is 11.1 Å². The van der Waals surface area contributed by atoms with Crippen molar-refractivity contribution in [3.63, 3.8) is 0 Å². The van der Waals surface area contributed by atoms with Crippen molar-refractivity contribution in [1.29, 1.82) is 5.26 Å². The van der Waals surface area contributed by atoms with Crippen molar-refractivity contribution in [3.8, 4) is 6.07 Å². The average molecular weight is 377 g/mol. The van der Waals surface area contributed by atoms with Crippen LogP contribution in [0.2, 0.25) is 0 Å². The second-order valence-electron chi connectivity index (χ2n) is 7.61. The Labute approximate surface area is 164 Å². The van der Waals surface area contributed by atoms with Crippen molar-refractivity contribution in [3.05, 3.63) is 53.6 Å². The number of nitrogens with zero attached hydrogens (tertiary/aromatic N) is 5. The van der Waals surface area contributed by atoms with Crippen LogP contribution in [0.1, 0.15) is 34.5 Å². The number of aromatic nitrogens is 2. The van der Waals surface area contributed by atoms with Gasteiger partial charge in [-0.2, -0.15) is 5.26 Å². The quantitative estimate of drug-likeness (QED) is 0.810. The van der Waals surface area contributed by atoms with Gasteiger partial charge < -0.3 is 14.4 Å². The molecule has 2 aromatic heterocycles. The van der Waals surface area contributed by atoms with E-state index in [1.807, 2.05) is 21.9 Å². The van der Waals surface area contributed by atoms with Crippen LogP contribution in [0.3, 0.4) is 0 Å². The number of carbonyl (C=O) groups is 2. The fourth-order valence-corrected chi connectivity index (χ4v) is 4.27. The number of likely N-dealkylation sites (tertiary alicyclic amines) is 2. The molecule has 2 amide bonds. The third kappa shape index (κ3) is 3.38. The molecule has 0 spiro atoms. The van der Waals surface area contributed by atoms with Crippen molar-refractivity contribution in [1.82, 2.24) is 19.4 Å². The van der Waals surface area contributed by atoms with Gasteiger partial charge in [-0.05, 0) is 30.5 Å². The largest absolute Gasteiger partial charge is 0.345 e. The fraction of sp³-hybridized carbons (Fsp3) is 0.429. The number of fused-ring (bicyclic) bond motifs is 1. The molecule has 2 atom stereocenters. The molecule has 0 aromatic carbocycles. The van der Waals surface area contributed by atoms with E-state index in [4.69, 9.17) is 5.26 Å². The highest BCUT2D eigenvalue weighted by molar-refractivity contribution is 5.93. The topological polar surface area (TPSA) is 82.2 Å². The normalized spacial score (nSPS) is 20.9. The smallest absolute Gasteiger partial charge is 0.270 e. The van der Waals surface area contributed by atoms with Crippen LogP contribution < -0.4 is 0 Å². The first-order valence-electron chi connectivity index (χ1n) is 9.61. The number of piperidine rings is 1. The zero-order valence-corrected chi connectivity index (χ0v) is 15.9. The number of aryl methyl sites for hydroxylation is 2. The molecule has 144 valence electrons. The molecule has 2 saturated heterocycles. The van der Waals surface area contributed by atoms with Crippen LogP contribution in [0.15, 0.2) is 36.8 Å². The van der Waals surface area contributed by atoms with Gasteiger partial charge in [0.05, 0.1) is 5.56 Å². The molecular formula is C21H23N5O2. The Morgan fingerprint density at radius 2 is 2.21 bits per heavy atom. The van der Waals surface area contributed by atoms with E-state index in [0.717, 1.165) is 18.5 Å². The molecule has 2 aromatic rings. The number of rotatable bonds is 4. The van der Waals surface area contributed by atoms with Crippen molar-refractivity contribution in [2.45, 2.75) is 25.3 Å². The summed E-state index contributed by atoms with van der Waals surface area (Å²) in [5.74, 6) is 0.491. The highest BCUT2D eigenvalue weighted by Gasteiger charge is 2.45.